The number of amides is 1. The standard InChI is InChI=1S/C21H27N3O2/c1-15(2)19-10-9-18(20(25)22-19)21(26)23(3)13-16-11-12-24(14-16)17-7-5-4-6-8-17/h4-10,15-16H,11-14H2,1-3H3,(H,22,25)/t16-/m0/s1. The van der Waals surface area contributed by atoms with E-state index in [4.69, 9.17) is 0 Å². The predicted molar refractivity (Wildman–Crippen MR) is 105 cm³/mol. The molecular weight excluding hydrogens is 326 g/mol. The van der Waals surface area contributed by atoms with Crippen LogP contribution in [0.1, 0.15) is 42.2 Å². The lowest BCUT2D eigenvalue weighted by Gasteiger charge is -2.22. The molecule has 26 heavy (non-hydrogen) atoms. The van der Waals surface area contributed by atoms with E-state index in [0.29, 0.717) is 12.5 Å². The minimum absolute atomic E-state index is 0.209. The third-order valence-electron chi connectivity index (χ3n) is 5.07. The van der Waals surface area contributed by atoms with Gasteiger partial charge < -0.3 is 14.8 Å². The van der Waals surface area contributed by atoms with E-state index in [-0.39, 0.29) is 22.9 Å². The van der Waals surface area contributed by atoms with E-state index in [1.54, 1.807) is 18.0 Å². The summed E-state index contributed by atoms with van der Waals surface area (Å²) in [4.78, 5) is 31.8. The summed E-state index contributed by atoms with van der Waals surface area (Å²) in [5.41, 5.74) is 1.99. The van der Waals surface area contributed by atoms with Crippen molar-refractivity contribution >= 4 is 11.6 Å². The molecule has 1 fully saturated rings. The van der Waals surface area contributed by atoms with Crippen molar-refractivity contribution in [2.24, 2.45) is 5.92 Å². The molecule has 1 aliphatic heterocycles. The van der Waals surface area contributed by atoms with Crippen LogP contribution in [0.5, 0.6) is 0 Å². The summed E-state index contributed by atoms with van der Waals surface area (Å²) in [5, 5.41) is 0. The van der Waals surface area contributed by atoms with E-state index in [9.17, 15) is 9.59 Å². The maximum absolute atomic E-state index is 12.7. The molecule has 0 unspecified atom stereocenters. The zero-order valence-electron chi connectivity index (χ0n) is 15.7. The van der Waals surface area contributed by atoms with Gasteiger partial charge in [0.15, 0.2) is 0 Å². The number of hydrogen-bond donors (Lipinski definition) is 1. The Balaban J connectivity index is 1.62. The van der Waals surface area contributed by atoms with Crippen molar-refractivity contribution < 1.29 is 4.79 Å². The third kappa shape index (κ3) is 3.98. The number of nitrogens with one attached hydrogen (secondary N) is 1. The SMILES string of the molecule is CC(C)c1ccc(C(=O)N(C)C[C@@H]2CCN(c3ccccc3)C2)c(=O)[nH]1. The fourth-order valence-electron chi connectivity index (χ4n) is 3.52. The van der Waals surface area contributed by atoms with E-state index in [1.807, 2.05) is 38.1 Å². The second-order valence-electron chi connectivity index (χ2n) is 7.43. The summed E-state index contributed by atoms with van der Waals surface area (Å²) < 4.78 is 0. The zero-order chi connectivity index (χ0) is 18.7. The first-order chi connectivity index (χ1) is 12.5. The molecule has 138 valence electrons. The Labute approximate surface area is 154 Å². The number of carbonyl (C=O) groups excluding carboxylic acids is 1. The third-order valence-corrected chi connectivity index (χ3v) is 5.07. The molecule has 1 aromatic heterocycles. The number of anilines is 1. The highest BCUT2D eigenvalue weighted by Crippen LogP contribution is 2.24. The highest BCUT2D eigenvalue weighted by Gasteiger charge is 2.26. The molecule has 1 N–H and O–H groups in total. The van der Waals surface area contributed by atoms with Crippen molar-refractivity contribution in [3.05, 3.63) is 64.1 Å². The Bertz CT molecular complexity index is 814. The average Bonchev–Trinajstić information content (AvgIpc) is 3.10. The fourth-order valence-corrected chi connectivity index (χ4v) is 3.52. The molecular formula is C21H27N3O2. The van der Waals surface area contributed by atoms with Gasteiger partial charge >= 0.3 is 0 Å². The monoisotopic (exact) mass is 353 g/mol. The molecule has 0 radical (unpaired) electrons. The number of carbonyl (C=O) groups is 1. The number of nitrogens with zero attached hydrogens (tertiary/aromatic N) is 2. The molecule has 3 rings (SSSR count). The van der Waals surface area contributed by atoms with Crippen LogP contribution < -0.4 is 10.5 Å². The van der Waals surface area contributed by atoms with Crippen molar-refractivity contribution in [1.82, 2.24) is 9.88 Å². The van der Waals surface area contributed by atoms with Gasteiger partial charge in [-0.2, -0.15) is 0 Å². The number of hydrogen-bond acceptors (Lipinski definition) is 3. The first-order valence-electron chi connectivity index (χ1n) is 9.24. The minimum Gasteiger partial charge on any atom is -0.371 e. The van der Waals surface area contributed by atoms with Crippen LogP contribution in [0.2, 0.25) is 0 Å². The van der Waals surface area contributed by atoms with Gasteiger partial charge in [-0.3, -0.25) is 9.59 Å². The quantitative estimate of drug-likeness (QED) is 0.899. The number of para-hydroxylation sites is 1. The number of pyridine rings is 1. The van der Waals surface area contributed by atoms with E-state index in [2.05, 4.69) is 22.0 Å². The van der Waals surface area contributed by atoms with E-state index in [1.165, 1.54) is 5.69 Å². The molecule has 5 nitrogen and oxygen atoms in total. The maximum atomic E-state index is 12.7. The van der Waals surface area contributed by atoms with Crippen molar-refractivity contribution in [2.75, 3.05) is 31.6 Å². The summed E-state index contributed by atoms with van der Waals surface area (Å²) in [7, 11) is 1.78. The van der Waals surface area contributed by atoms with Crippen LogP contribution in [0.3, 0.4) is 0 Å². The smallest absolute Gasteiger partial charge is 0.261 e. The maximum Gasteiger partial charge on any atom is 0.261 e. The van der Waals surface area contributed by atoms with Gasteiger partial charge in [-0.25, -0.2) is 0 Å². The van der Waals surface area contributed by atoms with Crippen molar-refractivity contribution in [1.29, 1.82) is 0 Å². The van der Waals surface area contributed by atoms with E-state index < -0.39 is 0 Å². The Morgan fingerprint density at radius 3 is 2.62 bits per heavy atom. The number of H-pyrrole nitrogens is 1. The largest absolute Gasteiger partial charge is 0.371 e. The number of aromatic nitrogens is 1. The number of benzene rings is 1. The lowest BCUT2D eigenvalue weighted by atomic mass is 10.1. The van der Waals surface area contributed by atoms with Gasteiger partial charge in [0.1, 0.15) is 5.56 Å². The summed E-state index contributed by atoms with van der Waals surface area (Å²) in [5.74, 6) is 0.435. The Morgan fingerprint density at radius 1 is 1.23 bits per heavy atom. The molecule has 0 aliphatic carbocycles. The predicted octanol–water partition coefficient (Wildman–Crippen LogP) is 3.10. The van der Waals surface area contributed by atoms with Gasteiger partial charge in [0.05, 0.1) is 0 Å². The Hall–Kier alpha value is -2.56. The Morgan fingerprint density at radius 2 is 1.96 bits per heavy atom. The summed E-state index contributed by atoms with van der Waals surface area (Å²) in [6.07, 6.45) is 1.05. The summed E-state index contributed by atoms with van der Waals surface area (Å²) in [6, 6.07) is 13.8. The summed E-state index contributed by atoms with van der Waals surface area (Å²) >= 11 is 0. The topological polar surface area (TPSA) is 56.4 Å². The summed E-state index contributed by atoms with van der Waals surface area (Å²) in [6.45, 7) is 6.62. The van der Waals surface area contributed by atoms with Crippen LogP contribution >= 0.6 is 0 Å². The van der Waals surface area contributed by atoms with Gasteiger partial charge in [-0.1, -0.05) is 32.0 Å². The van der Waals surface area contributed by atoms with Crippen LogP contribution in [-0.4, -0.2) is 42.5 Å². The lowest BCUT2D eigenvalue weighted by Crippen LogP contribution is -2.36. The molecule has 0 spiro atoms. The molecule has 1 aliphatic rings. The van der Waals surface area contributed by atoms with Crippen molar-refractivity contribution in [3.8, 4) is 0 Å². The zero-order valence-corrected chi connectivity index (χ0v) is 15.7. The van der Waals surface area contributed by atoms with Crippen molar-refractivity contribution in [3.63, 3.8) is 0 Å². The molecule has 5 heteroatoms. The molecule has 0 saturated carbocycles. The van der Waals surface area contributed by atoms with Crippen LogP contribution in [0.25, 0.3) is 0 Å². The number of aromatic amines is 1. The normalized spacial score (nSPS) is 16.9. The molecule has 1 atom stereocenters. The first kappa shape index (κ1) is 18.2. The molecule has 2 heterocycles. The van der Waals surface area contributed by atoms with Gasteiger partial charge in [-0.15, -0.1) is 0 Å². The van der Waals surface area contributed by atoms with Gasteiger partial charge in [0.25, 0.3) is 11.5 Å². The highest BCUT2D eigenvalue weighted by molar-refractivity contribution is 5.93. The molecule has 1 saturated heterocycles. The van der Waals surface area contributed by atoms with E-state index in [0.717, 1.165) is 25.2 Å². The van der Waals surface area contributed by atoms with Gasteiger partial charge in [0, 0.05) is 38.1 Å². The Kier molecular flexibility index (Phi) is 5.45. The average molecular weight is 353 g/mol. The molecule has 0 bridgehead atoms. The molecule has 1 amide bonds. The van der Waals surface area contributed by atoms with Crippen LogP contribution in [-0.2, 0) is 0 Å². The second-order valence-corrected chi connectivity index (χ2v) is 7.43. The minimum atomic E-state index is -0.301. The highest BCUT2D eigenvalue weighted by atomic mass is 16.2. The van der Waals surface area contributed by atoms with Crippen molar-refractivity contribution in [2.45, 2.75) is 26.2 Å². The van der Waals surface area contributed by atoms with Gasteiger partial charge in [0.2, 0.25) is 0 Å². The first-order valence-corrected chi connectivity index (χ1v) is 9.24. The number of rotatable bonds is 5. The molecule has 2 aromatic rings. The second kappa shape index (κ2) is 7.77. The van der Waals surface area contributed by atoms with Gasteiger partial charge in [-0.05, 0) is 42.5 Å². The molecule has 1 aromatic carbocycles. The lowest BCUT2D eigenvalue weighted by molar-refractivity contribution is 0.0774. The van der Waals surface area contributed by atoms with Crippen LogP contribution in [0.4, 0.5) is 5.69 Å². The van der Waals surface area contributed by atoms with Crippen LogP contribution in [0.15, 0.2) is 47.3 Å². The van der Waals surface area contributed by atoms with E-state index >= 15 is 0 Å². The fraction of sp³-hybridized carbons (Fsp3) is 0.429. The van der Waals surface area contributed by atoms with Crippen LogP contribution in [0, 0.1) is 5.92 Å².